The van der Waals surface area contributed by atoms with Crippen molar-refractivity contribution in [3.63, 3.8) is 0 Å². The minimum Gasteiger partial charge on any atom is -0.371 e. The van der Waals surface area contributed by atoms with Gasteiger partial charge in [-0.2, -0.15) is 5.01 Å². The molecule has 1 aliphatic heterocycles. The van der Waals surface area contributed by atoms with E-state index in [0.29, 0.717) is 5.56 Å². The van der Waals surface area contributed by atoms with E-state index in [-0.39, 0.29) is 16.4 Å². The van der Waals surface area contributed by atoms with Crippen molar-refractivity contribution in [1.82, 2.24) is 5.01 Å². The third kappa shape index (κ3) is 2.69. The Labute approximate surface area is 135 Å². The Morgan fingerprint density at radius 2 is 1.61 bits per heavy atom. The lowest BCUT2D eigenvalue weighted by Crippen LogP contribution is -2.39. The summed E-state index contributed by atoms with van der Waals surface area (Å²) >= 11 is 6.17. The highest BCUT2D eigenvalue weighted by Crippen LogP contribution is 2.40. The van der Waals surface area contributed by atoms with Crippen LogP contribution in [-0.2, 0) is 0 Å². The van der Waals surface area contributed by atoms with Crippen molar-refractivity contribution < 1.29 is 18.3 Å². The van der Waals surface area contributed by atoms with Crippen molar-refractivity contribution >= 4 is 23.0 Å². The second-order valence-electron chi connectivity index (χ2n) is 5.06. The average molecular weight is 341 g/mol. The van der Waals surface area contributed by atoms with Crippen LogP contribution in [0.2, 0.25) is 0 Å². The summed E-state index contributed by atoms with van der Waals surface area (Å²) in [6, 6.07) is 8.31. The highest BCUT2D eigenvalue weighted by molar-refractivity contribution is 6.34. The number of hydrazine groups is 1. The predicted molar refractivity (Wildman–Crippen MR) is 81.8 cm³/mol. The van der Waals surface area contributed by atoms with E-state index in [4.69, 9.17) is 11.6 Å². The quantitative estimate of drug-likeness (QED) is 0.903. The highest BCUT2D eigenvalue weighted by Gasteiger charge is 2.37. The molecule has 0 fully saturated rings. The van der Waals surface area contributed by atoms with Gasteiger partial charge in [-0.3, -0.25) is 5.01 Å². The van der Waals surface area contributed by atoms with Gasteiger partial charge in [-0.05, 0) is 36.4 Å². The summed E-state index contributed by atoms with van der Waals surface area (Å²) in [4.78, 5) is 0. The van der Waals surface area contributed by atoms with Crippen molar-refractivity contribution in [2.75, 3.05) is 12.1 Å². The van der Waals surface area contributed by atoms with E-state index in [1.165, 1.54) is 41.3 Å². The molecule has 0 bridgehead atoms. The van der Waals surface area contributed by atoms with Crippen molar-refractivity contribution in [3.05, 3.63) is 70.5 Å². The molecule has 23 heavy (non-hydrogen) atoms. The lowest BCUT2D eigenvalue weighted by molar-refractivity contribution is 0.0722. The maximum atomic E-state index is 14.2. The first-order chi connectivity index (χ1) is 10.9. The molecule has 7 heteroatoms. The molecule has 0 radical (unpaired) electrons. The number of aliphatic hydroxyl groups is 1. The van der Waals surface area contributed by atoms with Crippen molar-refractivity contribution in [2.24, 2.45) is 0 Å². The normalized spacial score (nSPS) is 18.9. The van der Waals surface area contributed by atoms with Crippen LogP contribution >= 0.6 is 11.6 Å². The molecule has 1 unspecified atom stereocenters. The molecule has 3 nitrogen and oxygen atoms in total. The molecule has 2 aromatic rings. The van der Waals surface area contributed by atoms with Crippen LogP contribution in [0, 0.1) is 17.5 Å². The van der Waals surface area contributed by atoms with Gasteiger partial charge in [-0.1, -0.05) is 11.6 Å². The van der Waals surface area contributed by atoms with Gasteiger partial charge in [0.2, 0.25) is 0 Å². The van der Waals surface area contributed by atoms with E-state index in [9.17, 15) is 18.3 Å². The Balaban J connectivity index is 2.17. The molecule has 0 aromatic heterocycles. The fourth-order valence-corrected chi connectivity index (χ4v) is 2.79. The summed E-state index contributed by atoms with van der Waals surface area (Å²) in [6.45, 7) is 0. The maximum Gasteiger partial charge on any atom is 0.162 e. The van der Waals surface area contributed by atoms with E-state index in [0.717, 1.165) is 18.2 Å². The average Bonchev–Trinajstić information content (AvgIpc) is 2.75. The fraction of sp³-hybridized carbons (Fsp3) is 0.125. The number of benzene rings is 2. The van der Waals surface area contributed by atoms with E-state index in [2.05, 4.69) is 0 Å². The first kappa shape index (κ1) is 15.9. The Bertz CT molecular complexity index is 779. The monoisotopic (exact) mass is 340 g/mol. The Morgan fingerprint density at radius 3 is 2.26 bits per heavy atom. The van der Waals surface area contributed by atoms with Gasteiger partial charge in [0, 0.05) is 18.7 Å². The highest BCUT2D eigenvalue weighted by atomic mass is 35.5. The van der Waals surface area contributed by atoms with Crippen LogP contribution in [-0.4, -0.2) is 23.4 Å². The van der Waals surface area contributed by atoms with Crippen LogP contribution < -0.4 is 5.01 Å². The summed E-state index contributed by atoms with van der Waals surface area (Å²) < 4.78 is 40.8. The fourth-order valence-electron chi connectivity index (χ4n) is 2.46. The van der Waals surface area contributed by atoms with Gasteiger partial charge in [-0.15, -0.1) is 0 Å². The third-order valence-electron chi connectivity index (χ3n) is 3.59. The van der Waals surface area contributed by atoms with Crippen molar-refractivity contribution in [3.8, 4) is 0 Å². The molecule has 0 aliphatic carbocycles. The van der Waals surface area contributed by atoms with Crippen molar-refractivity contribution in [2.45, 2.75) is 6.23 Å². The van der Waals surface area contributed by atoms with Gasteiger partial charge < -0.3 is 5.11 Å². The van der Waals surface area contributed by atoms with Gasteiger partial charge in [0.15, 0.2) is 6.23 Å². The molecule has 0 spiro atoms. The topological polar surface area (TPSA) is 26.7 Å². The van der Waals surface area contributed by atoms with Crippen LogP contribution in [0.4, 0.5) is 18.9 Å². The molecular formula is C16H12ClF3N2O. The summed E-state index contributed by atoms with van der Waals surface area (Å²) in [6.07, 6.45) is -1.22. The van der Waals surface area contributed by atoms with Gasteiger partial charge >= 0.3 is 0 Å². The van der Waals surface area contributed by atoms with E-state index >= 15 is 0 Å². The molecule has 3 rings (SSSR count). The zero-order valence-corrected chi connectivity index (χ0v) is 12.7. The van der Waals surface area contributed by atoms with Crippen LogP contribution in [0.15, 0.2) is 47.5 Å². The van der Waals surface area contributed by atoms with Crippen LogP contribution in [0.25, 0.3) is 5.70 Å². The smallest absolute Gasteiger partial charge is 0.162 e. The molecule has 1 atom stereocenters. The summed E-state index contributed by atoms with van der Waals surface area (Å²) in [5.41, 5.74) is 0.608. The standard InChI is InChI=1S/C16H12ClF3N2O/c1-21-16(23)14(17)15(9-2-4-10(18)5-3-9)22(21)13-8-11(19)6-7-12(13)20/h2-8,16,23H,1H3. The summed E-state index contributed by atoms with van der Waals surface area (Å²) in [7, 11) is 1.48. The molecule has 2 aromatic carbocycles. The first-order valence-corrected chi connectivity index (χ1v) is 7.09. The van der Waals surface area contributed by atoms with Gasteiger partial charge in [0.1, 0.15) is 17.5 Å². The molecule has 0 amide bonds. The number of halogens is 4. The van der Waals surface area contributed by atoms with E-state index in [1.54, 1.807) is 0 Å². The Morgan fingerprint density at radius 1 is 1.00 bits per heavy atom. The second kappa shape index (κ2) is 5.88. The number of likely N-dealkylation sites (N-methyl/N-ethyl adjacent to an activating group) is 1. The lowest BCUT2D eigenvalue weighted by atomic mass is 10.1. The number of hydrogen-bond acceptors (Lipinski definition) is 3. The molecular weight excluding hydrogens is 329 g/mol. The maximum absolute atomic E-state index is 14.2. The third-order valence-corrected chi connectivity index (χ3v) is 3.96. The van der Waals surface area contributed by atoms with Crippen LogP contribution in [0.3, 0.4) is 0 Å². The summed E-state index contributed by atoms with van der Waals surface area (Å²) in [5.74, 6) is -1.76. The largest absolute Gasteiger partial charge is 0.371 e. The molecule has 0 saturated heterocycles. The number of rotatable bonds is 2. The van der Waals surface area contributed by atoms with E-state index in [1.807, 2.05) is 0 Å². The Hall–Kier alpha value is -2.02. The molecule has 1 aliphatic rings. The van der Waals surface area contributed by atoms with E-state index < -0.39 is 23.7 Å². The second-order valence-corrected chi connectivity index (χ2v) is 5.47. The predicted octanol–water partition coefficient (Wildman–Crippen LogP) is 3.70. The zero-order valence-electron chi connectivity index (χ0n) is 12.0. The van der Waals surface area contributed by atoms with Crippen molar-refractivity contribution in [1.29, 1.82) is 0 Å². The van der Waals surface area contributed by atoms with Crippen LogP contribution in [0.5, 0.6) is 0 Å². The minimum absolute atomic E-state index is 0.0303. The number of anilines is 1. The molecule has 1 N–H and O–H groups in total. The first-order valence-electron chi connectivity index (χ1n) is 6.71. The number of aliphatic hydroxyl groups excluding tert-OH is 1. The number of nitrogens with zero attached hydrogens (tertiary/aromatic N) is 2. The van der Waals surface area contributed by atoms with Crippen LogP contribution in [0.1, 0.15) is 5.56 Å². The zero-order chi connectivity index (χ0) is 16.7. The van der Waals surface area contributed by atoms with Gasteiger partial charge in [0.25, 0.3) is 0 Å². The lowest BCUT2D eigenvalue weighted by Gasteiger charge is -2.30. The molecule has 1 heterocycles. The SMILES string of the molecule is CN1C(O)C(Cl)=C(c2ccc(F)cc2)N1c1cc(F)ccc1F. The Kier molecular flexibility index (Phi) is 4.06. The summed E-state index contributed by atoms with van der Waals surface area (Å²) in [5, 5.41) is 12.7. The molecule has 0 saturated carbocycles. The minimum atomic E-state index is -1.22. The van der Waals surface area contributed by atoms with Gasteiger partial charge in [0.05, 0.1) is 16.4 Å². The number of hydrogen-bond donors (Lipinski definition) is 1. The molecule has 120 valence electrons. The van der Waals surface area contributed by atoms with Gasteiger partial charge in [-0.25, -0.2) is 13.2 Å².